The summed E-state index contributed by atoms with van der Waals surface area (Å²) < 4.78 is 53.2. The first kappa shape index (κ1) is 17.6. The highest BCUT2D eigenvalue weighted by Gasteiger charge is 2.43. The minimum absolute atomic E-state index is 0.0264. The lowest BCUT2D eigenvalue weighted by molar-refractivity contribution is -0.253. The Bertz CT molecular complexity index is 486. The molecule has 0 aliphatic heterocycles. The molecule has 0 atom stereocenters. The Kier molecular flexibility index (Phi) is 6.74. The first-order chi connectivity index (χ1) is 9.81. The molecule has 1 rings (SSSR count). The largest absolute Gasteiger partial charge is 0.461 e. The maximum absolute atomic E-state index is 12.7. The van der Waals surface area contributed by atoms with E-state index in [0.717, 1.165) is 4.90 Å². The Morgan fingerprint density at radius 2 is 1.95 bits per heavy atom. The van der Waals surface area contributed by atoms with Crippen molar-refractivity contribution in [3.05, 3.63) is 36.4 Å². The second-order valence-corrected chi connectivity index (χ2v) is 5.25. The van der Waals surface area contributed by atoms with Crippen LogP contribution < -0.4 is 4.74 Å². The molecular formula is C14H14F4O2S. The highest BCUT2D eigenvalue weighted by Crippen LogP contribution is 2.29. The Balaban J connectivity index is 2.45. The van der Waals surface area contributed by atoms with E-state index in [4.69, 9.17) is 0 Å². The summed E-state index contributed by atoms with van der Waals surface area (Å²) in [6.45, 7) is 1.46. The van der Waals surface area contributed by atoms with Gasteiger partial charge in [-0.2, -0.15) is 17.6 Å². The summed E-state index contributed by atoms with van der Waals surface area (Å²) in [5, 5.41) is 0. The molecule has 0 aromatic heterocycles. The van der Waals surface area contributed by atoms with Crippen molar-refractivity contribution in [2.45, 2.75) is 30.8 Å². The van der Waals surface area contributed by atoms with E-state index in [9.17, 15) is 22.4 Å². The molecule has 0 spiro atoms. The molecule has 0 radical (unpaired) electrons. The fourth-order valence-corrected chi connectivity index (χ4v) is 2.12. The zero-order valence-electron chi connectivity index (χ0n) is 11.2. The summed E-state index contributed by atoms with van der Waals surface area (Å²) >= 11 is 1.45. The molecule has 2 nitrogen and oxygen atoms in total. The van der Waals surface area contributed by atoms with Crippen molar-refractivity contribution in [2.75, 3.05) is 5.75 Å². The molecule has 116 valence electrons. The van der Waals surface area contributed by atoms with Crippen LogP contribution in [0.15, 0.2) is 41.3 Å². The number of hydrogen-bond acceptors (Lipinski definition) is 3. The van der Waals surface area contributed by atoms with E-state index in [2.05, 4.69) is 4.74 Å². The third kappa shape index (κ3) is 6.66. The summed E-state index contributed by atoms with van der Waals surface area (Å²) in [5.74, 6) is 0.361. The van der Waals surface area contributed by atoms with Crippen LogP contribution in [0.25, 0.3) is 0 Å². The fraction of sp³-hybridized carbons (Fsp3) is 0.357. The number of rotatable bonds is 8. The summed E-state index contributed by atoms with van der Waals surface area (Å²) in [4.78, 5) is 11.4. The van der Waals surface area contributed by atoms with Crippen LogP contribution in [0.3, 0.4) is 0 Å². The topological polar surface area (TPSA) is 26.3 Å². The van der Waals surface area contributed by atoms with Crippen molar-refractivity contribution in [3.63, 3.8) is 0 Å². The van der Waals surface area contributed by atoms with Gasteiger partial charge in [-0.3, -0.25) is 4.79 Å². The molecule has 1 aromatic carbocycles. The van der Waals surface area contributed by atoms with Crippen LogP contribution in [0.4, 0.5) is 17.6 Å². The SMILES string of the molecule is CC(=O)C=CCCSc1ccc(OC(F)(F)C(F)F)cc1. The van der Waals surface area contributed by atoms with Gasteiger partial charge in [-0.15, -0.1) is 11.8 Å². The Morgan fingerprint density at radius 1 is 1.33 bits per heavy atom. The van der Waals surface area contributed by atoms with Crippen molar-refractivity contribution in [1.82, 2.24) is 0 Å². The molecule has 1 aromatic rings. The van der Waals surface area contributed by atoms with E-state index in [1.165, 1.54) is 49.0 Å². The average molecular weight is 322 g/mol. The van der Waals surface area contributed by atoms with E-state index in [1.807, 2.05) is 0 Å². The Hall–Kier alpha value is -1.50. The normalized spacial score (nSPS) is 12.1. The number of benzene rings is 1. The molecule has 0 N–H and O–H groups in total. The van der Waals surface area contributed by atoms with Gasteiger partial charge in [0.05, 0.1) is 0 Å². The number of halogens is 4. The Labute approximate surface area is 124 Å². The smallest absolute Gasteiger partial charge is 0.428 e. The van der Waals surface area contributed by atoms with Crippen LogP contribution in [0.2, 0.25) is 0 Å². The van der Waals surface area contributed by atoms with Gasteiger partial charge in [0.15, 0.2) is 5.78 Å². The molecule has 7 heteroatoms. The molecule has 21 heavy (non-hydrogen) atoms. The minimum Gasteiger partial charge on any atom is -0.428 e. The summed E-state index contributed by atoms with van der Waals surface area (Å²) in [6, 6.07) is 5.44. The predicted octanol–water partition coefficient (Wildman–Crippen LogP) is 4.55. The third-order valence-corrected chi connectivity index (χ3v) is 3.28. The van der Waals surface area contributed by atoms with Crippen molar-refractivity contribution in [3.8, 4) is 5.75 Å². The maximum Gasteiger partial charge on any atom is 0.461 e. The number of carbonyl (C=O) groups is 1. The van der Waals surface area contributed by atoms with Gasteiger partial charge in [0.2, 0.25) is 0 Å². The molecule has 0 bridgehead atoms. The lowest BCUT2D eigenvalue weighted by Crippen LogP contribution is -2.33. The Morgan fingerprint density at radius 3 is 2.48 bits per heavy atom. The first-order valence-electron chi connectivity index (χ1n) is 6.06. The third-order valence-electron chi connectivity index (χ3n) is 2.24. The number of allylic oxidation sites excluding steroid dienone is 2. The standard InChI is InChI=1S/C14H14F4O2S/c1-10(19)4-2-3-9-21-12-7-5-11(6-8-12)20-14(17,18)13(15)16/h2,4-8,13H,3,9H2,1H3. The van der Waals surface area contributed by atoms with Gasteiger partial charge in [-0.25, -0.2) is 0 Å². The van der Waals surface area contributed by atoms with Crippen LogP contribution in [0.5, 0.6) is 5.75 Å². The van der Waals surface area contributed by atoms with Gasteiger partial charge in [0, 0.05) is 10.6 Å². The van der Waals surface area contributed by atoms with Crippen LogP contribution >= 0.6 is 11.8 Å². The van der Waals surface area contributed by atoms with E-state index in [-0.39, 0.29) is 11.5 Å². The van der Waals surface area contributed by atoms with Gasteiger partial charge in [0.25, 0.3) is 0 Å². The van der Waals surface area contributed by atoms with Gasteiger partial charge in [-0.1, -0.05) is 6.08 Å². The van der Waals surface area contributed by atoms with Crippen molar-refractivity contribution in [1.29, 1.82) is 0 Å². The molecule has 0 heterocycles. The summed E-state index contributed by atoms with van der Waals surface area (Å²) in [7, 11) is 0. The molecule has 0 aliphatic rings. The number of ether oxygens (including phenoxy) is 1. The quantitative estimate of drug-likeness (QED) is 0.304. The van der Waals surface area contributed by atoms with Crippen LogP contribution in [-0.4, -0.2) is 24.1 Å². The summed E-state index contributed by atoms with van der Waals surface area (Å²) in [6.07, 6.45) is -4.46. The monoisotopic (exact) mass is 322 g/mol. The van der Waals surface area contributed by atoms with Crippen molar-refractivity contribution in [2.24, 2.45) is 0 Å². The van der Waals surface area contributed by atoms with Crippen LogP contribution in [0.1, 0.15) is 13.3 Å². The van der Waals surface area contributed by atoms with E-state index < -0.39 is 12.5 Å². The molecule has 0 fully saturated rings. The van der Waals surface area contributed by atoms with Gasteiger partial charge >= 0.3 is 12.5 Å². The molecule has 0 unspecified atom stereocenters. The fourth-order valence-electron chi connectivity index (χ4n) is 1.30. The molecule has 0 saturated carbocycles. The maximum atomic E-state index is 12.7. The predicted molar refractivity (Wildman–Crippen MR) is 73.2 cm³/mol. The van der Waals surface area contributed by atoms with Crippen LogP contribution in [-0.2, 0) is 4.79 Å². The lowest BCUT2D eigenvalue weighted by Gasteiger charge is -2.16. The average Bonchev–Trinajstić information content (AvgIpc) is 2.39. The highest BCUT2D eigenvalue weighted by molar-refractivity contribution is 7.99. The van der Waals surface area contributed by atoms with E-state index in [1.54, 1.807) is 6.08 Å². The molecular weight excluding hydrogens is 308 g/mol. The van der Waals surface area contributed by atoms with E-state index in [0.29, 0.717) is 12.2 Å². The molecule has 0 saturated heterocycles. The number of hydrogen-bond donors (Lipinski definition) is 0. The van der Waals surface area contributed by atoms with Crippen molar-refractivity contribution < 1.29 is 27.1 Å². The van der Waals surface area contributed by atoms with Gasteiger partial charge in [0.1, 0.15) is 5.75 Å². The second kappa shape index (κ2) is 8.07. The number of ketones is 1. The van der Waals surface area contributed by atoms with Gasteiger partial charge < -0.3 is 4.74 Å². The second-order valence-electron chi connectivity index (χ2n) is 4.09. The van der Waals surface area contributed by atoms with Crippen molar-refractivity contribution >= 4 is 17.5 Å². The van der Waals surface area contributed by atoms with E-state index >= 15 is 0 Å². The highest BCUT2D eigenvalue weighted by atomic mass is 32.2. The molecule has 0 amide bonds. The first-order valence-corrected chi connectivity index (χ1v) is 7.05. The minimum atomic E-state index is -4.49. The zero-order valence-corrected chi connectivity index (χ0v) is 12.0. The number of alkyl halides is 4. The molecule has 0 aliphatic carbocycles. The zero-order chi connectivity index (χ0) is 15.9. The van der Waals surface area contributed by atoms with Gasteiger partial charge in [-0.05, 0) is 43.7 Å². The lowest BCUT2D eigenvalue weighted by atomic mass is 10.3. The van der Waals surface area contributed by atoms with Crippen LogP contribution in [0, 0.1) is 0 Å². The number of carbonyl (C=O) groups excluding carboxylic acids is 1. The summed E-state index contributed by atoms with van der Waals surface area (Å²) in [5.41, 5.74) is 0. The number of thioether (sulfide) groups is 1.